The van der Waals surface area contributed by atoms with Gasteiger partial charge in [0.05, 0.1) is 35.4 Å². The Morgan fingerprint density at radius 3 is 2.67 bits per heavy atom. The van der Waals surface area contributed by atoms with Gasteiger partial charge in [-0.2, -0.15) is 0 Å². The molecule has 19 nitrogen and oxygen atoms in total. The van der Waals surface area contributed by atoms with Gasteiger partial charge in [-0.15, -0.1) is 5.10 Å². The summed E-state index contributed by atoms with van der Waals surface area (Å²) in [6.45, 7) is 0.443. The molecular weight excluding hydrogens is 799 g/mol. The number of H-pyrrole nitrogens is 1. The van der Waals surface area contributed by atoms with Crippen LogP contribution in [-0.2, 0) is 43.7 Å². The summed E-state index contributed by atoms with van der Waals surface area (Å²) in [6.07, 6.45) is 4.60. The van der Waals surface area contributed by atoms with E-state index in [-0.39, 0.29) is 60.6 Å². The van der Waals surface area contributed by atoms with Crippen LogP contribution in [0.3, 0.4) is 0 Å². The first kappa shape index (κ1) is 38.6. The van der Waals surface area contributed by atoms with Crippen molar-refractivity contribution in [2.45, 2.75) is 67.2 Å². The lowest BCUT2D eigenvalue weighted by molar-refractivity contribution is -0.832. The number of para-hydroxylation sites is 1. The number of sulfone groups is 1. The summed E-state index contributed by atoms with van der Waals surface area (Å²) in [7, 11) is -4.20. The second-order valence-electron chi connectivity index (χ2n) is 14.7. The van der Waals surface area contributed by atoms with Crippen molar-refractivity contribution in [2.75, 3.05) is 26.5 Å². The maximum atomic E-state index is 14.2. The van der Waals surface area contributed by atoms with Gasteiger partial charge in [0.25, 0.3) is 9.84 Å². The number of benzene rings is 3. The van der Waals surface area contributed by atoms with E-state index in [1.54, 1.807) is 17.2 Å². The van der Waals surface area contributed by atoms with Crippen molar-refractivity contribution in [3.8, 4) is 17.4 Å². The molecule has 1 fully saturated rings. The number of piperazine rings is 1. The Kier molecular flexibility index (Phi) is 10.3. The number of aromatic amines is 1. The Labute approximate surface area is 342 Å². The number of nitrogens with zero attached hydrogens (tertiary/aromatic N) is 7. The van der Waals surface area contributed by atoms with E-state index in [4.69, 9.17) is 14.2 Å². The first-order valence-electron chi connectivity index (χ1n) is 19.4. The maximum absolute atomic E-state index is 14.2. The quantitative estimate of drug-likeness (QED) is 0.112. The highest BCUT2D eigenvalue weighted by molar-refractivity contribution is 7.91. The molecule has 20 heteroatoms. The molecule has 3 aromatic heterocycles. The largest absolute Gasteiger partial charge is 0.454 e. The van der Waals surface area contributed by atoms with Gasteiger partial charge in [-0.25, -0.2) is 13.1 Å². The number of aromatic nitrogens is 6. The maximum Gasteiger partial charge on any atom is 0.414 e. The Morgan fingerprint density at radius 2 is 1.80 bits per heavy atom. The Balaban J connectivity index is 0.757. The summed E-state index contributed by atoms with van der Waals surface area (Å²) in [4.78, 5) is 47.4. The SMILES string of the molecule is O=C(Cn1cc(CN2CC(=O)N3[C@H](c4ccc5c(c4)OCO5)c4[nH]c5ccccc5c4C[C@@H]3C2=O)nn1)NCCCCCCOc1no[n+]([O-])c1S(=O)(=O)c1ccccc1. The second kappa shape index (κ2) is 16.0. The normalized spacial score (nSPS) is 17.2. The van der Waals surface area contributed by atoms with Crippen molar-refractivity contribution in [1.29, 1.82) is 0 Å². The number of unbranched alkanes of at least 4 members (excludes halogenated alkanes) is 3. The van der Waals surface area contributed by atoms with Crippen LogP contribution in [0.5, 0.6) is 17.4 Å². The zero-order valence-electron chi connectivity index (χ0n) is 32.1. The molecule has 2 N–H and O–H groups in total. The summed E-state index contributed by atoms with van der Waals surface area (Å²) >= 11 is 0. The highest BCUT2D eigenvalue weighted by Gasteiger charge is 2.48. The number of carbonyl (C=O) groups excluding carboxylic acids is 3. The molecule has 9 rings (SSSR count). The van der Waals surface area contributed by atoms with E-state index in [0.717, 1.165) is 34.1 Å². The number of rotatable bonds is 15. The average Bonchev–Trinajstić information content (AvgIpc) is 4.06. The van der Waals surface area contributed by atoms with Crippen molar-refractivity contribution in [3.05, 3.63) is 107 Å². The van der Waals surface area contributed by atoms with E-state index in [1.807, 2.05) is 42.5 Å². The molecule has 3 amide bonds. The van der Waals surface area contributed by atoms with Gasteiger partial charge in [-0.3, -0.25) is 19.0 Å². The van der Waals surface area contributed by atoms with Crippen molar-refractivity contribution >= 4 is 38.5 Å². The molecule has 0 bridgehead atoms. The number of amides is 3. The molecule has 2 atom stereocenters. The summed E-state index contributed by atoms with van der Waals surface area (Å²) in [5.41, 5.74) is 4.02. The van der Waals surface area contributed by atoms with Crippen LogP contribution in [-0.4, -0.2) is 93.6 Å². The van der Waals surface area contributed by atoms with Crippen molar-refractivity contribution in [3.63, 3.8) is 0 Å². The molecule has 6 heterocycles. The van der Waals surface area contributed by atoms with E-state index in [9.17, 15) is 28.0 Å². The van der Waals surface area contributed by atoms with Crippen molar-refractivity contribution in [2.24, 2.45) is 0 Å². The van der Waals surface area contributed by atoms with Gasteiger partial charge in [-0.1, -0.05) is 54.1 Å². The number of ether oxygens (including phenoxy) is 3. The van der Waals surface area contributed by atoms with Gasteiger partial charge in [-0.05, 0) is 65.6 Å². The number of nitrogens with one attached hydrogen (secondary N) is 2. The third-order valence-corrected chi connectivity index (χ3v) is 12.5. The van der Waals surface area contributed by atoms with Crippen LogP contribution in [0.2, 0.25) is 0 Å². The van der Waals surface area contributed by atoms with Gasteiger partial charge in [0.15, 0.2) is 11.5 Å². The predicted molar refractivity (Wildman–Crippen MR) is 207 cm³/mol. The minimum Gasteiger partial charge on any atom is -0.454 e. The number of hydrogen-bond donors (Lipinski definition) is 2. The van der Waals surface area contributed by atoms with Crippen LogP contribution in [0.15, 0.2) is 93.5 Å². The first-order valence-corrected chi connectivity index (χ1v) is 20.9. The molecule has 3 aromatic carbocycles. The smallest absolute Gasteiger partial charge is 0.414 e. The molecule has 0 spiro atoms. The Bertz CT molecular complexity index is 2700. The molecule has 0 saturated carbocycles. The fourth-order valence-electron chi connectivity index (χ4n) is 7.99. The molecular formula is C40H39N9O10S. The first-order chi connectivity index (χ1) is 29.2. The van der Waals surface area contributed by atoms with E-state index < -0.39 is 32.8 Å². The topological polar surface area (TPSA) is 231 Å². The molecule has 3 aliphatic rings. The average molecular weight is 838 g/mol. The Morgan fingerprint density at radius 1 is 1.00 bits per heavy atom. The molecule has 0 radical (unpaired) electrons. The molecule has 1 saturated heterocycles. The lowest BCUT2D eigenvalue weighted by atomic mass is 9.86. The van der Waals surface area contributed by atoms with Crippen molar-refractivity contribution in [1.82, 2.24) is 40.3 Å². The number of hydrogen-bond acceptors (Lipinski definition) is 13. The zero-order chi connectivity index (χ0) is 41.4. The summed E-state index contributed by atoms with van der Waals surface area (Å²) < 4.78 is 48.4. The van der Waals surface area contributed by atoms with Crippen LogP contribution in [0.1, 0.15) is 54.2 Å². The fourth-order valence-corrected chi connectivity index (χ4v) is 9.29. The van der Waals surface area contributed by atoms with Crippen molar-refractivity contribution < 1.29 is 46.5 Å². The minimum absolute atomic E-state index is 0.0490. The van der Waals surface area contributed by atoms with Gasteiger partial charge < -0.3 is 39.5 Å². The third-order valence-electron chi connectivity index (χ3n) is 10.8. The molecule has 310 valence electrons. The van der Waals surface area contributed by atoms with Gasteiger partial charge in [0.2, 0.25) is 24.5 Å². The predicted octanol–water partition coefficient (Wildman–Crippen LogP) is 2.58. The van der Waals surface area contributed by atoms with E-state index >= 15 is 0 Å². The van der Waals surface area contributed by atoms with Gasteiger partial charge in [0.1, 0.15) is 24.8 Å². The van der Waals surface area contributed by atoms with E-state index in [2.05, 4.69) is 30.4 Å². The lowest BCUT2D eigenvalue weighted by Crippen LogP contribution is -2.62. The van der Waals surface area contributed by atoms with Gasteiger partial charge >= 0.3 is 10.9 Å². The molecule has 60 heavy (non-hydrogen) atoms. The van der Waals surface area contributed by atoms with E-state index in [0.29, 0.717) is 49.4 Å². The number of fused-ring (bicyclic) bond motifs is 5. The molecule has 0 aliphatic carbocycles. The molecule has 3 aliphatic heterocycles. The zero-order valence-corrected chi connectivity index (χ0v) is 32.9. The van der Waals surface area contributed by atoms with Crippen LogP contribution < -0.4 is 24.4 Å². The van der Waals surface area contributed by atoms with Crippen LogP contribution in [0.4, 0.5) is 0 Å². The van der Waals surface area contributed by atoms with Crippen LogP contribution >= 0.6 is 0 Å². The van der Waals surface area contributed by atoms with Gasteiger partial charge in [0, 0.05) is 29.6 Å². The summed E-state index contributed by atoms with van der Waals surface area (Å²) in [6, 6.07) is 19.7. The summed E-state index contributed by atoms with van der Waals surface area (Å²) in [5.74, 6) is 0.124. The molecule has 6 aromatic rings. The summed E-state index contributed by atoms with van der Waals surface area (Å²) in [5, 5.41) is 27.0. The highest BCUT2D eigenvalue weighted by Crippen LogP contribution is 2.45. The monoisotopic (exact) mass is 837 g/mol. The highest BCUT2D eigenvalue weighted by atomic mass is 32.2. The second-order valence-corrected chi connectivity index (χ2v) is 16.5. The lowest BCUT2D eigenvalue weighted by Gasteiger charge is -2.47. The Hall–Kier alpha value is -6.96. The van der Waals surface area contributed by atoms with Crippen LogP contribution in [0.25, 0.3) is 10.9 Å². The molecule has 0 unspecified atom stereocenters. The fraction of sp³-hybridized carbons (Fsp3) is 0.325. The minimum atomic E-state index is -4.20. The number of carbonyl (C=O) groups is 3. The van der Waals surface area contributed by atoms with Crippen LogP contribution in [0, 0.1) is 5.21 Å². The third kappa shape index (κ3) is 7.33. The van der Waals surface area contributed by atoms with E-state index in [1.165, 1.54) is 33.8 Å². The standard InChI is InChI=1S/C40H39N9O10S/c50-34(41-16-8-1-2-9-17-56-38-40(49(53)59-44-38)60(54,55)27-10-4-3-5-11-27)22-47-21-26(43-45-47)20-46-23-35(51)48-31(39(46)52)19-29-28-12-6-7-13-30(28)42-36(29)37(48)25-14-15-32-33(18-25)58-24-57-32/h3-7,10-15,18,21,31,37,42H,1-2,8-9,16-17,19-20,22-24H2,(H,41,50)/t31-,37-/m1/s1.